The lowest BCUT2D eigenvalue weighted by atomic mass is 9.76. The van der Waals surface area contributed by atoms with Gasteiger partial charge in [0.25, 0.3) is 0 Å². The number of nitrogens with zero attached hydrogens (tertiary/aromatic N) is 3. The van der Waals surface area contributed by atoms with Crippen LogP contribution < -0.4 is 14.8 Å². The second-order valence-electron chi connectivity index (χ2n) is 5.72. The Kier molecular flexibility index (Phi) is 4.07. The number of anilines is 1. The summed E-state index contributed by atoms with van der Waals surface area (Å²) in [6.07, 6.45) is 4.68. The Balaban J connectivity index is 2.03. The number of ether oxygens (including phenoxy) is 2. The first kappa shape index (κ1) is 13.8. The minimum Gasteiger partial charge on any atom is -0.467 e. The quantitative estimate of drug-likeness (QED) is 0.901. The molecule has 1 aromatic rings. The van der Waals surface area contributed by atoms with Gasteiger partial charge in [0, 0.05) is 6.04 Å². The third-order valence-corrected chi connectivity index (χ3v) is 3.63. The van der Waals surface area contributed by atoms with Crippen LogP contribution >= 0.6 is 0 Å². The Morgan fingerprint density at radius 1 is 1.00 bits per heavy atom. The molecule has 6 nitrogen and oxygen atoms in total. The molecule has 0 spiro atoms. The van der Waals surface area contributed by atoms with E-state index in [2.05, 4.69) is 34.1 Å². The van der Waals surface area contributed by atoms with Crippen molar-refractivity contribution in [3.8, 4) is 12.0 Å². The Labute approximate surface area is 114 Å². The van der Waals surface area contributed by atoms with E-state index in [-0.39, 0.29) is 12.0 Å². The van der Waals surface area contributed by atoms with Crippen LogP contribution in [0.3, 0.4) is 0 Å². The molecular formula is C13H22N4O2. The summed E-state index contributed by atoms with van der Waals surface area (Å²) in [6.45, 7) is 4.64. The number of methoxy groups -OCH3 is 2. The van der Waals surface area contributed by atoms with Gasteiger partial charge in [-0.2, -0.15) is 9.97 Å². The van der Waals surface area contributed by atoms with Crippen LogP contribution in [0.15, 0.2) is 0 Å². The van der Waals surface area contributed by atoms with Gasteiger partial charge in [-0.05, 0) is 31.1 Å². The van der Waals surface area contributed by atoms with Crippen molar-refractivity contribution in [3.63, 3.8) is 0 Å². The van der Waals surface area contributed by atoms with E-state index >= 15 is 0 Å². The average Bonchev–Trinajstić information content (AvgIpc) is 2.40. The lowest BCUT2D eigenvalue weighted by Gasteiger charge is -2.34. The van der Waals surface area contributed by atoms with Crippen LogP contribution in [0.2, 0.25) is 0 Å². The van der Waals surface area contributed by atoms with E-state index in [4.69, 9.17) is 9.47 Å². The topological polar surface area (TPSA) is 69.2 Å². The highest BCUT2D eigenvalue weighted by Crippen LogP contribution is 2.35. The number of hydrogen-bond donors (Lipinski definition) is 1. The van der Waals surface area contributed by atoms with Gasteiger partial charge < -0.3 is 14.8 Å². The summed E-state index contributed by atoms with van der Waals surface area (Å²) >= 11 is 0. The summed E-state index contributed by atoms with van der Waals surface area (Å²) in [7, 11) is 3.06. The van der Waals surface area contributed by atoms with Crippen molar-refractivity contribution >= 4 is 5.95 Å². The molecule has 1 aliphatic rings. The van der Waals surface area contributed by atoms with Gasteiger partial charge in [-0.3, -0.25) is 0 Å². The molecule has 1 heterocycles. The zero-order valence-electron chi connectivity index (χ0n) is 12.1. The van der Waals surface area contributed by atoms with E-state index in [1.54, 1.807) is 0 Å². The molecule has 0 unspecified atom stereocenters. The standard InChI is InChI=1S/C13H22N4O2/c1-13(2)7-5-9(6-8-13)14-10-15-11(18-3)17-12(16-10)19-4/h9H,5-8H2,1-4H3,(H,14,15,16,17). The largest absolute Gasteiger partial charge is 0.467 e. The van der Waals surface area contributed by atoms with Crippen molar-refractivity contribution in [2.24, 2.45) is 5.41 Å². The Morgan fingerprint density at radius 3 is 2.00 bits per heavy atom. The zero-order valence-corrected chi connectivity index (χ0v) is 12.1. The molecule has 0 saturated heterocycles. The summed E-state index contributed by atoms with van der Waals surface area (Å²) in [5.41, 5.74) is 0.451. The molecule has 0 aromatic carbocycles. The maximum Gasteiger partial charge on any atom is 0.324 e. The van der Waals surface area contributed by atoms with Crippen LogP contribution in [-0.4, -0.2) is 35.2 Å². The number of rotatable bonds is 4. The van der Waals surface area contributed by atoms with E-state index in [1.807, 2.05) is 0 Å². The van der Waals surface area contributed by atoms with Gasteiger partial charge in [0.15, 0.2) is 0 Å². The van der Waals surface area contributed by atoms with Gasteiger partial charge in [0.05, 0.1) is 14.2 Å². The van der Waals surface area contributed by atoms with Crippen molar-refractivity contribution in [1.82, 2.24) is 15.0 Å². The molecule has 0 amide bonds. The van der Waals surface area contributed by atoms with Gasteiger partial charge in [-0.25, -0.2) is 0 Å². The van der Waals surface area contributed by atoms with Crippen LogP contribution in [0.1, 0.15) is 39.5 Å². The monoisotopic (exact) mass is 266 g/mol. The van der Waals surface area contributed by atoms with Gasteiger partial charge in [0.1, 0.15) is 0 Å². The summed E-state index contributed by atoms with van der Waals surface area (Å²) < 4.78 is 10.1. The lowest BCUT2D eigenvalue weighted by molar-refractivity contribution is 0.232. The molecule has 19 heavy (non-hydrogen) atoms. The molecule has 0 radical (unpaired) electrons. The second kappa shape index (κ2) is 5.59. The normalized spacial score (nSPS) is 18.9. The molecule has 1 fully saturated rings. The maximum atomic E-state index is 5.04. The SMILES string of the molecule is COc1nc(NC2CCC(C)(C)CC2)nc(OC)n1. The van der Waals surface area contributed by atoms with Crippen LogP contribution in [0.25, 0.3) is 0 Å². The van der Waals surface area contributed by atoms with Crippen LogP contribution in [0.4, 0.5) is 5.95 Å². The fraction of sp³-hybridized carbons (Fsp3) is 0.769. The molecular weight excluding hydrogens is 244 g/mol. The van der Waals surface area contributed by atoms with E-state index in [9.17, 15) is 0 Å². The van der Waals surface area contributed by atoms with Crippen LogP contribution in [0, 0.1) is 5.41 Å². The molecule has 2 rings (SSSR count). The van der Waals surface area contributed by atoms with Crippen molar-refractivity contribution in [2.75, 3.05) is 19.5 Å². The summed E-state index contributed by atoms with van der Waals surface area (Å²) in [6, 6.07) is 0.945. The molecule has 1 aliphatic carbocycles. The van der Waals surface area contributed by atoms with Crippen molar-refractivity contribution < 1.29 is 9.47 Å². The lowest BCUT2D eigenvalue weighted by Crippen LogP contribution is -2.30. The van der Waals surface area contributed by atoms with Gasteiger partial charge >= 0.3 is 12.0 Å². The molecule has 0 atom stereocenters. The van der Waals surface area contributed by atoms with E-state index in [0.29, 0.717) is 17.4 Å². The van der Waals surface area contributed by atoms with Crippen LogP contribution in [-0.2, 0) is 0 Å². The van der Waals surface area contributed by atoms with Crippen LogP contribution in [0.5, 0.6) is 12.0 Å². The highest BCUT2D eigenvalue weighted by Gasteiger charge is 2.27. The minimum absolute atomic E-state index is 0.269. The summed E-state index contributed by atoms with van der Waals surface area (Å²) in [4.78, 5) is 12.4. The minimum atomic E-state index is 0.269. The molecule has 6 heteroatoms. The maximum absolute atomic E-state index is 5.04. The fourth-order valence-electron chi connectivity index (χ4n) is 2.31. The van der Waals surface area contributed by atoms with E-state index in [1.165, 1.54) is 27.1 Å². The average molecular weight is 266 g/mol. The molecule has 1 N–H and O–H groups in total. The zero-order chi connectivity index (χ0) is 13.9. The third kappa shape index (κ3) is 3.68. The first-order valence-electron chi connectivity index (χ1n) is 6.63. The van der Waals surface area contributed by atoms with E-state index < -0.39 is 0 Å². The molecule has 0 bridgehead atoms. The number of aromatic nitrogens is 3. The predicted octanol–water partition coefficient (Wildman–Crippen LogP) is 2.27. The van der Waals surface area contributed by atoms with Gasteiger partial charge in [0.2, 0.25) is 5.95 Å². The van der Waals surface area contributed by atoms with Crippen molar-refractivity contribution in [1.29, 1.82) is 0 Å². The predicted molar refractivity (Wildman–Crippen MR) is 72.6 cm³/mol. The van der Waals surface area contributed by atoms with Crippen molar-refractivity contribution in [3.05, 3.63) is 0 Å². The van der Waals surface area contributed by atoms with Gasteiger partial charge in [-0.15, -0.1) is 4.98 Å². The van der Waals surface area contributed by atoms with E-state index in [0.717, 1.165) is 12.8 Å². The van der Waals surface area contributed by atoms with Crippen molar-refractivity contribution in [2.45, 2.75) is 45.6 Å². The molecule has 1 saturated carbocycles. The fourth-order valence-corrected chi connectivity index (χ4v) is 2.31. The van der Waals surface area contributed by atoms with Gasteiger partial charge in [-0.1, -0.05) is 13.8 Å². The molecule has 0 aliphatic heterocycles. The highest BCUT2D eigenvalue weighted by molar-refractivity contribution is 5.29. The first-order valence-corrected chi connectivity index (χ1v) is 6.63. The Morgan fingerprint density at radius 2 is 1.53 bits per heavy atom. The summed E-state index contributed by atoms with van der Waals surface area (Å²) in [5, 5.41) is 3.35. The Bertz CT molecular complexity index is 404. The number of nitrogens with one attached hydrogen (secondary N) is 1. The smallest absolute Gasteiger partial charge is 0.324 e. The number of hydrogen-bond acceptors (Lipinski definition) is 6. The highest BCUT2D eigenvalue weighted by atomic mass is 16.5. The summed E-state index contributed by atoms with van der Waals surface area (Å²) in [5.74, 6) is 0.522. The third-order valence-electron chi connectivity index (χ3n) is 3.63. The molecule has 1 aromatic heterocycles. The molecule has 106 valence electrons. The second-order valence-corrected chi connectivity index (χ2v) is 5.72. The Hall–Kier alpha value is -1.59. The first-order chi connectivity index (χ1) is 9.02.